The predicted molar refractivity (Wildman–Crippen MR) is 152 cm³/mol. The molecule has 1 aromatic rings. The molecule has 1 heteroatoms. The van der Waals surface area contributed by atoms with Crippen LogP contribution in [0.4, 0.5) is 0 Å². The lowest BCUT2D eigenvalue weighted by Gasteiger charge is -2.59. The third-order valence-electron chi connectivity index (χ3n) is 12.1. The molecule has 8 atom stereocenters. The van der Waals surface area contributed by atoms with E-state index in [9.17, 15) is 4.79 Å². The van der Waals surface area contributed by atoms with Crippen molar-refractivity contribution in [2.75, 3.05) is 0 Å². The summed E-state index contributed by atoms with van der Waals surface area (Å²) in [6.45, 7) is 12.7. The van der Waals surface area contributed by atoms with Crippen LogP contribution in [0.15, 0.2) is 41.5 Å². The van der Waals surface area contributed by atoms with E-state index in [4.69, 9.17) is 0 Å². The van der Waals surface area contributed by atoms with Crippen molar-refractivity contribution in [2.24, 2.45) is 52.3 Å². The van der Waals surface area contributed by atoms with Crippen LogP contribution in [0.25, 0.3) is 0 Å². The van der Waals surface area contributed by atoms with Gasteiger partial charge in [-0.1, -0.05) is 95.4 Å². The maximum absolute atomic E-state index is 12.2. The Bertz CT molecular complexity index is 943. The highest BCUT2D eigenvalue weighted by molar-refractivity contribution is 5.61. The number of hydrogen-bond acceptors (Lipinski definition) is 1. The standard InChI is InChI=1S/C35H52O/c1-24(2)10-9-11-25(3)30-16-17-31-28-14-15-32-29(22-26-12-7-6-8-13-26)27(23-36)18-20-35(32,5)33(28)19-21-34(30,31)4/h6-8,12-13,23-25,27-28,30-31,33H,9-11,14-22H2,1-5H3/t25-,27?,28+,30-,31+,33+,34-,35+/m1/s1. The first-order valence-electron chi connectivity index (χ1n) is 15.5. The van der Waals surface area contributed by atoms with Crippen molar-refractivity contribution in [1.82, 2.24) is 0 Å². The quantitative estimate of drug-likeness (QED) is 0.263. The van der Waals surface area contributed by atoms with Gasteiger partial charge in [0.2, 0.25) is 0 Å². The Kier molecular flexibility index (Phi) is 7.59. The second-order valence-electron chi connectivity index (χ2n) is 14.3. The molecule has 198 valence electrons. The lowest BCUT2D eigenvalue weighted by Crippen LogP contribution is -2.51. The van der Waals surface area contributed by atoms with Crippen LogP contribution in [0.1, 0.15) is 111 Å². The maximum Gasteiger partial charge on any atom is 0.127 e. The molecule has 3 saturated carbocycles. The van der Waals surface area contributed by atoms with Crippen molar-refractivity contribution in [1.29, 1.82) is 0 Å². The fourth-order valence-electron chi connectivity index (χ4n) is 10.2. The van der Waals surface area contributed by atoms with Gasteiger partial charge in [0.05, 0.1) is 0 Å². The summed E-state index contributed by atoms with van der Waals surface area (Å²) < 4.78 is 0. The zero-order valence-electron chi connectivity index (χ0n) is 23.9. The van der Waals surface area contributed by atoms with E-state index < -0.39 is 0 Å². The Morgan fingerprint density at radius 2 is 1.69 bits per heavy atom. The van der Waals surface area contributed by atoms with Crippen LogP contribution in [0.3, 0.4) is 0 Å². The number of carbonyl (C=O) groups excluding carboxylic acids is 1. The molecule has 0 spiro atoms. The molecule has 0 heterocycles. The van der Waals surface area contributed by atoms with E-state index in [1.807, 2.05) is 0 Å². The fourth-order valence-corrected chi connectivity index (χ4v) is 10.2. The summed E-state index contributed by atoms with van der Waals surface area (Å²) in [5, 5.41) is 0. The number of benzene rings is 1. The van der Waals surface area contributed by atoms with Crippen molar-refractivity contribution >= 4 is 6.29 Å². The minimum Gasteiger partial charge on any atom is -0.303 e. The smallest absolute Gasteiger partial charge is 0.127 e. The van der Waals surface area contributed by atoms with Gasteiger partial charge in [-0.15, -0.1) is 0 Å². The van der Waals surface area contributed by atoms with Crippen LogP contribution in [-0.4, -0.2) is 6.29 Å². The van der Waals surface area contributed by atoms with Crippen LogP contribution in [0.2, 0.25) is 0 Å². The maximum atomic E-state index is 12.2. The zero-order valence-corrected chi connectivity index (χ0v) is 23.9. The topological polar surface area (TPSA) is 17.1 Å². The first kappa shape index (κ1) is 26.2. The lowest BCUT2D eigenvalue weighted by molar-refractivity contribution is -0.111. The molecule has 1 nitrogen and oxygen atoms in total. The molecule has 3 fully saturated rings. The number of carbonyl (C=O) groups is 1. The number of allylic oxidation sites excluding steroid dienone is 2. The van der Waals surface area contributed by atoms with Gasteiger partial charge in [-0.05, 0) is 110 Å². The van der Waals surface area contributed by atoms with Gasteiger partial charge in [0, 0.05) is 5.92 Å². The van der Waals surface area contributed by atoms with E-state index in [0.717, 1.165) is 48.3 Å². The second kappa shape index (κ2) is 10.4. The second-order valence-corrected chi connectivity index (χ2v) is 14.3. The average Bonchev–Trinajstić information content (AvgIpc) is 3.22. The molecule has 5 rings (SSSR count). The van der Waals surface area contributed by atoms with Crippen LogP contribution in [0.5, 0.6) is 0 Å². The number of rotatable bonds is 8. The Balaban J connectivity index is 1.38. The Labute approximate surface area is 221 Å². The average molecular weight is 489 g/mol. The molecule has 0 bridgehead atoms. The highest BCUT2D eigenvalue weighted by Crippen LogP contribution is 2.68. The Hall–Kier alpha value is -1.37. The SMILES string of the molecule is CC(C)CCC[C@@H](C)[C@H]1CC[C@H]2[C@@H]3CCC4=C(Cc5ccccc5)C(C=O)CC[C@]4(C)[C@H]3CC[C@]12C. The van der Waals surface area contributed by atoms with E-state index in [1.165, 1.54) is 81.6 Å². The van der Waals surface area contributed by atoms with Crippen molar-refractivity contribution in [2.45, 2.75) is 112 Å². The molecule has 0 amide bonds. The van der Waals surface area contributed by atoms with Gasteiger partial charge in [-0.3, -0.25) is 0 Å². The van der Waals surface area contributed by atoms with Crippen molar-refractivity contribution in [3.05, 3.63) is 47.0 Å². The lowest BCUT2D eigenvalue weighted by atomic mass is 9.45. The predicted octanol–water partition coefficient (Wildman–Crippen LogP) is 9.46. The van der Waals surface area contributed by atoms with Gasteiger partial charge in [-0.25, -0.2) is 0 Å². The van der Waals surface area contributed by atoms with Gasteiger partial charge >= 0.3 is 0 Å². The molecule has 0 aliphatic heterocycles. The van der Waals surface area contributed by atoms with E-state index in [2.05, 4.69) is 65.0 Å². The van der Waals surface area contributed by atoms with Crippen LogP contribution in [-0.2, 0) is 11.2 Å². The van der Waals surface area contributed by atoms with E-state index >= 15 is 0 Å². The van der Waals surface area contributed by atoms with Crippen LogP contribution < -0.4 is 0 Å². The highest BCUT2D eigenvalue weighted by atomic mass is 16.1. The van der Waals surface area contributed by atoms with Gasteiger partial charge in [0.15, 0.2) is 0 Å². The monoisotopic (exact) mass is 488 g/mol. The number of fused-ring (bicyclic) bond motifs is 5. The summed E-state index contributed by atoms with van der Waals surface area (Å²) in [5.74, 6) is 5.44. The normalized spacial score (nSPS) is 38.9. The van der Waals surface area contributed by atoms with Gasteiger partial charge in [0.25, 0.3) is 0 Å². The third-order valence-corrected chi connectivity index (χ3v) is 12.1. The third kappa shape index (κ3) is 4.56. The van der Waals surface area contributed by atoms with E-state index in [1.54, 1.807) is 5.57 Å². The van der Waals surface area contributed by atoms with Crippen molar-refractivity contribution in [3.8, 4) is 0 Å². The molecule has 1 unspecified atom stereocenters. The first-order chi connectivity index (χ1) is 17.3. The van der Waals surface area contributed by atoms with Crippen LogP contribution >= 0.6 is 0 Å². The molecule has 4 aliphatic carbocycles. The molecule has 0 N–H and O–H groups in total. The summed E-state index contributed by atoms with van der Waals surface area (Å²) in [6.07, 6.45) is 17.2. The molecule has 1 aromatic carbocycles. The Morgan fingerprint density at radius 1 is 0.917 bits per heavy atom. The van der Waals surface area contributed by atoms with E-state index in [0.29, 0.717) is 10.8 Å². The van der Waals surface area contributed by atoms with Crippen LogP contribution in [0, 0.1) is 52.3 Å². The molecule has 4 aliphatic rings. The summed E-state index contributed by atoms with van der Waals surface area (Å²) in [5.41, 5.74) is 5.45. The molecular weight excluding hydrogens is 436 g/mol. The van der Waals surface area contributed by atoms with Gasteiger partial charge < -0.3 is 4.79 Å². The Morgan fingerprint density at radius 3 is 2.42 bits per heavy atom. The highest BCUT2D eigenvalue weighted by Gasteiger charge is 2.59. The van der Waals surface area contributed by atoms with Gasteiger partial charge in [-0.2, -0.15) is 0 Å². The summed E-state index contributed by atoms with van der Waals surface area (Å²) in [6, 6.07) is 10.9. The van der Waals surface area contributed by atoms with Crippen molar-refractivity contribution < 1.29 is 4.79 Å². The van der Waals surface area contributed by atoms with Gasteiger partial charge in [0.1, 0.15) is 6.29 Å². The molecule has 0 saturated heterocycles. The largest absolute Gasteiger partial charge is 0.303 e. The fraction of sp³-hybridized carbons (Fsp3) is 0.743. The number of hydrogen-bond donors (Lipinski definition) is 0. The number of aldehydes is 1. The summed E-state index contributed by atoms with van der Waals surface area (Å²) in [4.78, 5) is 12.2. The molecular formula is C35H52O. The molecule has 36 heavy (non-hydrogen) atoms. The molecule has 0 aromatic heterocycles. The van der Waals surface area contributed by atoms with E-state index in [-0.39, 0.29) is 5.92 Å². The minimum absolute atomic E-state index is 0.140. The minimum atomic E-state index is 0.140. The summed E-state index contributed by atoms with van der Waals surface area (Å²) in [7, 11) is 0. The molecule has 0 radical (unpaired) electrons. The first-order valence-corrected chi connectivity index (χ1v) is 15.5. The summed E-state index contributed by atoms with van der Waals surface area (Å²) >= 11 is 0. The zero-order chi connectivity index (χ0) is 25.5. The van der Waals surface area contributed by atoms with Crippen molar-refractivity contribution in [3.63, 3.8) is 0 Å².